The number of nitrogens with zero attached hydrogens (tertiary/aromatic N) is 2. The van der Waals surface area contributed by atoms with Crippen LogP contribution in [0.1, 0.15) is 57.0 Å². The van der Waals surface area contributed by atoms with Crippen molar-refractivity contribution in [2.75, 3.05) is 26.7 Å². The predicted molar refractivity (Wildman–Crippen MR) is 107 cm³/mol. The van der Waals surface area contributed by atoms with Gasteiger partial charge in [-0.25, -0.2) is 0 Å². The molecule has 0 spiro atoms. The summed E-state index contributed by atoms with van der Waals surface area (Å²) in [5, 5.41) is 2.79. The van der Waals surface area contributed by atoms with Gasteiger partial charge in [-0.15, -0.1) is 0 Å². The number of hydrogen-bond acceptors (Lipinski definition) is 4. The molecule has 1 atom stereocenters. The molecular formula is C21H33N3O4. The highest BCUT2D eigenvalue weighted by Gasteiger charge is 2.34. The summed E-state index contributed by atoms with van der Waals surface area (Å²) in [6.45, 7) is 7.78. The van der Waals surface area contributed by atoms with Gasteiger partial charge in [0.15, 0.2) is 5.76 Å². The summed E-state index contributed by atoms with van der Waals surface area (Å²) in [5.74, 6) is -0.197. The van der Waals surface area contributed by atoms with E-state index in [1.54, 1.807) is 17.0 Å². The Hall–Kier alpha value is -2.31. The maximum atomic E-state index is 13.0. The largest absolute Gasteiger partial charge is 0.459 e. The second kappa shape index (κ2) is 10.3. The monoisotopic (exact) mass is 391 g/mol. The first-order chi connectivity index (χ1) is 13.3. The Morgan fingerprint density at radius 2 is 1.96 bits per heavy atom. The van der Waals surface area contributed by atoms with Gasteiger partial charge in [0, 0.05) is 32.6 Å². The lowest BCUT2D eigenvalue weighted by atomic mass is 9.93. The summed E-state index contributed by atoms with van der Waals surface area (Å²) < 4.78 is 5.11. The number of amides is 3. The zero-order valence-electron chi connectivity index (χ0n) is 17.4. The van der Waals surface area contributed by atoms with Crippen LogP contribution < -0.4 is 5.32 Å². The van der Waals surface area contributed by atoms with Gasteiger partial charge in [0.05, 0.1) is 6.26 Å². The molecule has 7 heteroatoms. The van der Waals surface area contributed by atoms with E-state index in [1.807, 2.05) is 25.8 Å². The van der Waals surface area contributed by atoms with E-state index in [4.69, 9.17) is 4.42 Å². The lowest BCUT2D eigenvalue weighted by Gasteiger charge is -2.36. The van der Waals surface area contributed by atoms with Crippen LogP contribution in [0.3, 0.4) is 0 Å². The fraction of sp³-hybridized carbons (Fsp3) is 0.667. The van der Waals surface area contributed by atoms with E-state index in [0.29, 0.717) is 25.9 Å². The van der Waals surface area contributed by atoms with Gasteiger partial charge in [0.2, 0.25) is 11.8 Å². The summed E-state index contributed by atoms with van der Waals surface area (Å²) in [6.07, 6.45) is 4.83. The lowest BCUT2D eigenvalue weighted by Crippen LogP contribution is -2.53. The number of unbranched alkanes of at least 4 members (excludes halogenated alkanes) is 1. The Labute approximate surface area is 167 Å². The first kappa shape index (κ1) is 22.0. The van der Waals surface area contributed by atoms with Crippen LogP contribution in [0.25, 0.3) is 0 Å². The van der Waals surface area contributed by atoms with Gasteiger partial charge in [-0.3, -0.25) is 14.4 Å². The Morgan fingerprint density at radius 3 is 2.50 bits per heavy atom. The van der Waals surface area contributed by atoms with Crippen molar-refractivity contribution in [2.45, 2.75) is 52.5 Å². The van der Waals surface area contributed by atoms with E-state index in [9.17, 15) is 14.4 Å². The Kier molecular flexibility index (Phi) is 8.08. The minimum atomic E-state index is -0.614. The highest BCUT2D eigenvalue weighted by atomic mass is 16.3. The average molecular weight is 392 g/mol. The number of carbonyl (C=O) groups is 3. The van der Waals surface area contributed by atoms with Crippen LogP contribution in [-0.4, -0.2) is 60.2 Å². The first-order valence-electron chi connectivity index (χ1n) is 10.2. The molecule has 1 fully saturated rings. The van der Waals surface area contributed by atoms with Crippen molar-refractivity contribution in [1.29, 1.82) is 0 Å². The second-order valence-electron chi connectivity index (χ2n) is 7.89. The van der Waals surface area contributed by atoms with Crippen molar-refractivity contribution >= 4 is 17.7 Å². The van der Waals surface area contributed by atoms with E-state index in [0.717, 1.165) is 19.4 Å². The molecule has 1 aromatic rings. The molecule has 156 valence electrons. The quantitative estimate of drug-likeness (QED) is 0.738. The van der Waals surface area contributed by atoms with Gasteiger partial charge in [-0.05, 0) is 37.3 Å². The Balaban J connectivity index is 1.91. The molecule has 2 rings (SSSR count). The minimum Gasteiger partial charge on any atom is -0.459 e. The highest BCUT2D eigenvalue weighted by molar-refractivity contribution is 5.95. The zero-order valence-corrected chi connectivity index (χ0v) is 17.4. The molecule has 1 N–H and O–H groups in total. The van der Waals surface area contributed by atoms with Crippen LogP contribution >= 0.6 is 0 Å². The Morgan fingerprint density at radius 1 is 1.29 bits per heavy atom. The van der Waals surface area contributed by atoms with E-state index in [1.165, 1.54) is 6.26 Å². The third kappa shape index (κ3) is 5.59. The fourth-order valence-electron chi connectivity index (χ4n) is 3.49. The van der Waals surface area contributed by atoms with E-state index >= 15 is 0 Å². The van der Waals surface area contributed by atoms with Crippen LogP contribution in [0.5, 0.6) is 0 Å². The third-order valence-electron chi connectivity index (χ3n) is 5.34. The summed E-state index contributed by atoms with van der Waals surface area (Å²) in [6, 6.07) is 2.60. The number of furan rings is 1. The van der Waals surface area contributed by atoms with Crippen LogP contribution in [0.15, 0.2) is 22.8 Å². The molecule has 28 heavy (non-hydrogen) atoms. The van der Waals surface area contributed by atoms with Crippen molar-refractivity contribution in [3.8, 4) is 0 Å². The fourth-order valence-corrected chi connectivity index (χ4v) is 3.49. The number of nitrogens with one attached hydrogen (secondary N) is 1. The number of likely N-dealkylation sites (tertiary alicyclic amines) is 1. The maximum absolute atomic E-state index is 13.0. The molecule has 1 unspecified atom stereocenters. The molecule has 0 radical (unpaired) electrons. The van der Waals surface area contributed by atoms with Gasteiger partial charge >= 0.3 is 0 Å². The van der Waals surface area contributed by atoms with Gasteiger partial charge in [0.25, 0.3) is 5.91 Å². The Bertz CT molecular complexity index is 649. The normalized spacial score (nSPS) is 16.1. The molecule has 0 saturated carbocycles. The SMILES string of the molecule is CCCCN(C)C(=O)C1CCN(C(=O)C(NC(=O)c2ccco2)C(C)C)CC1. The van der Waals surface area contributed by atoms with Crippen molar-refractivity contribution in [1.82, 2.24) is 15.1 Å². The topological polar surface area (TPSA) is 82.9 Å². The molecule has 7 nitrogen and oxygen atoms in total. The average Bonchev–Trinajstić information content (AvgIpc) is 3.23. The molecule has 1 aromatic heterocycles. The van der Waals surface area contributed by atoms with Crippen LogP contribution in [0, 0.1) is 11.8 Å². The number of carbonyl (C=O) groups excluding carboxylic acids is 3. The number of hydrogen-bond donors (Lipinski definition) is 1. The summed E-state index contributed by atoms with van der Waals surface area (Å²) >= 11 is 0. The standard InChI is InChI=1S/C21H33N3O4/c1-5-6-11-23(4)20(26)16-9-12-24(13-10-16)21(27)18(15(2)3)22-19(25)17-8-7-14-28-17/h7-8,14-16,18H,5-6,9-13H2,1-4H3,(H,22,25). The summed E-state index contributed by atoms with van der Waals surface area (Å²) in [4.78, 5) is 41.4. The highest BCUT2D eigenvalue weighted by Crippen LogP contribution is 2.21. The first-order valence-corrected chi connectivity index (χ1v) is 10.2. The molecule has 2 heterocycles. The molecule has 1 aliphatic heterocycles. The van der Waals surface area contributed by atoms with Crippen LogP contribution in [0.2, 0.25) is 0 Å². The molecule has 0 aromatic carbocycles. The molecule has 1 saturated heterocycles. The van der Waals surface area contributed by atoms with E-state index in [-0.39, 0.29) is 35.3 Å². The second-order valence-corrected chi connectivity index (χ2v) is 7.89. The van der Waals surface area contributed by atoms with E-state index in [2.05, 4.69) is 12.2 Å². The number of rotatable bonds is 8. The predicted octanol–water partition coefficient (Wildman–Crippen LogP) is 2.53. The van der Waals surface area contributed by atoms with Gasteiger partial charge in [-0.2, -0.15) is 0 Å². The summed E-state index contributed by atoms with van der Waals surface area (Å²) in [5.41, 5.74) is 0. The van der Waals surface area contributed by atoms with Gasteiger partial charge in [0.1, 0.15) is 6.04 Å². The smallest absolute Gasteiger partial charge is 0.287 e. The lowest BCUT2D eigenvalue weighted by molar-refractivity contribution is -0.141. The van der Waals surface area contributed by atoms with Crippen LogP contribution in [0.4, 0.5) is 0 Å². The number of piperidine rings is 1. The molecular weight excluding hydrogens is 358 g/mol. The summed E-state index contributed by atoms with van der Waals surface area (Å²) in [7, 11) is 1.86. The third-order valence-corrected chi connectivity index (χ3v) is 5.34. The van der Waals surface area contributed by atoms with Crippen molar-refractivity contribution in [2.24, 2.45) is 11.8 Å². The van der Waals surface area contributed by atoms with Gasteiger partial charge in [-0.1, -0.05) is 27.2 Å². The maximum Gasteiger partial charge on any atom is 0.287 e. The molecule has 0 aliphatic carbocycles. The van der Waals surface area contributed by atoms with Crippen LogP contribution in [-0.2, 0) is 9.59 Å². The molecule has 3 amide bonds. The van der Waals surface area contributed by atoms with Crippen molar-refractivity contribution < 1.29 is 18.8 Å². The molecule has 1 aliphatic rings. The van der Waals surface area contributed by atoms with E-state index < -0.39 is 6.04 Å². The molecule has 0 bridgehead atoms. The van der Waals surface area contributed by atoms with Crippen molar-refractivity contribution in [3.05, 3.63) is 24.2 Å². The zero-order chi connectivity index (χ0) is 20.7. The van der Waals surface area contributed by atoms with Gasteiger partial charge < -0.3 is 19.5 Å². The van der Waals surface area contributed by atoms with Crippen molar-refractivity contribution in [3.63, 3.8) is 0 Å². The minimum absolute atomic E-state index is 0.0267.